The maximum atomic E-state index is 6.06. The zero-order chi connectivity index (χ0) is 13.7. The lowest BCUT2D eigenvalue weighted by atomic mass is 10.0. The van der Waals surface area contributed by atoms with Crippen molar-refractivity contribution >= 4 is 23.2 Å². The number of likely N-dealkylation sites (tertiary alicyclic amines) is 1. The minimum Gasteiger partial charge on any atom is -0.489 e. The molecular formula is C14H20Cl2N2O. The Morgan fingerprint density at radius 1 is 1.26 bits per heavy atom. The van der Waals surface area contributed by atoms with Crippen LogP contribution >= 0.6 is 23.2 Å². The standard InChI is InChI=1S/C14H20Cl2N2O/c15-12-5-3-6-13(16)14(12)19-9-8-18-7-2-1-4-11(18)10-17/h3,5-6,11H,1-2,4,7-10,17H2. The van der Waals surface area contributed by atoms with Gasteiger partial charge in [0.15, 0.2) is 5.75 Å². The summed E-state index contributed by atoms with van der Waals surface area (Å²) in [6.07, 6.45) is 3.70. The molecule has 1 aromatic carbocycles. The molecule has 0 aromatic heterocycles. The molecule has 3 nitrogen and oxygen atoms in total. The molecule has 106 valence electrons. The third-order valence-corrected chi connectivity index (χ3v) is 4.16. The minimum absolute atomic E-state index is 0.485. The molecular weight excluding hydrogens is 283 g/mol. The van der Waals surface area contributed by atoms with Gasteiger partial charge in [0.05, 0.1) is 10.0 Å². The lowest BCUT2D eigenvalue weighted by molar-refractivity contribution is 0.127. The first-order chi connectivity index (χ1) is 9.22. The third kappa shape index (κ3) is 3.99. The topological polar surface area (TPSA) is 38.5 Å². The predicted octanol–water partition coefficient (Wildman–Crippen LogP) is 3.19. The van der Waals surface area contributed by atoms with Crippen molar-refractivity contribution in [3.05, 3.63) is 28.2 Å². The molecule has 19 heavy (non-hydrogen) atoms. The number of para-hydroxylation sites is 1. The summed E-state index contributed by atoms with van der Waals surface area (Å²) in [5, 5.41) is 1.11. The van der Waals surface area contributed by atoms with Crippen LogP contribution in [0.3, 0.4) is 0 Å². The molecule has 2 N–H and O–H groups in total. The van der Waals surface area contributed by atoms with Crippen molar-refractivity contribution in [3.8, 4) is 5.75 Å². The van der Waals surface area contributed by atoms with Crippen LogP contribution in [0.1, 0.15) is 19.3 Å². The van der Waals surface area contributed by atoms with Gasteiger partial charge >= 0.3 is 0 Å². The second kappa shape index (κ2) is 7.34. The summed E-state index contributed by atoms with van der Waals surface area (Å²) in [5.41, 5.74) is 5.80. The zero-order valence-electron chi connectivity index (χ0n) is 10.9. The largest absolute Gasteiger partial charge is 0.489 e. The van der Waals surface area contributed by atoms with Gasteiger partial charge in [0.1, 0.15) is 6.61 Å². The number of piperidine rings is 1. The summed E-state index contributed by atoms with van der Waals surface area (Å²) in [4.78, 5) is 2.40. The fraction of sp³-hybridized carbons (Fsp3) is 0.571. The van der Waals surface area contributed by atoms with Gasteiger partial charge in [-0.2, -0.15) is 0 Å². The van der Waals surface area contributed by atoms with Crippen LogP contribution in [0.15, 0.2) is 18.2 Å². The van der Waals surface area contributed by atoms with E-state index in [1.165, 1.54) is 19.3 Å². The Bertz CT molecular complexity index is 394. The summed E-state index contributed by atoms with van der Waals surface area (Å²) in [7, 11) is 0. The maximum Gasteiger partial charge on any atom is 0.156 e. The van der Waals surface area contributed by atoms with Gasteiger partial charge in [-0.15, -0.1) is 0 Å². The summed E-state index contributed by atoms with van der Waals surface area (Å²) in [6, 6.07) is 5.87. The van der Waals surface area contributed by atoms with E-state index in [-0.39, 0.29) is 0 Å². The van der Waals surface area contributed by atoms with E-state index in [2.05, 4.69) is 4.90 Å². The number of halogens is 2. The number of hydrogen-bond acceptors (Lipinski definition) is 3. The Morgan fingerprint density at radius 2 is 2.00 bits per heavy atom. The number of hydrogen-bond donors (Lipinski definition) is 1. The van der Waals surface area contributed by atoms with E-state index >= 15 is 0 Å². The molecule has 0 aliphatic carbocycles. The van der Waals surface area contributed by atoms with Crippen LogP contribution in [0, 0.1) is 0 Å². The quantitative estimate of drug-likeness (QED) is 0.908. The molecule has 0 saturated carbocycles. The first-order valence-electron chi connectivity index (χ1n) is 6.73. The molecule has 5 heteroatoms. The lowest BCUT2D eigenvalue weighted by Gasteiger charge is -2.34. The lowest BCUT2D eigenvalue weighted by Crippen LogP contribution is -2.45. The van der Waals surface area contributed by atoms with Crippen molar-refractivity contribution in [3.63, 3.8) is 0 Å². The molecule has 0 radical (unpaired) electrons. The van der Waals surface area contributed by atoms with Crippen LogP contribution in [-0.2, 0) is 0 Å². The molecule has 1 unspecified atom stereocenters. The molecule has 2 rings (SSSR count). The summed E-state index contributed by atoms with van der Waals surface area (Å²) in [6.45, 7) is 3.26. The number of nitrogens with zero attached hydrogens (tertiary/aromatic N) is 1. The minimum atomic E-state index is 0.485. The van der Waals surface area contributed by atoms with E-state index in [0.717, 1.165) is 13.1 Å². The number of nitrogens with two attached hydrogens (primary N) is 1. The predicted molar refractivity (Wildman–Crippen MR) is 80.2 cm³/mol. The number of rotatable bonds is 5. The second-order valence-electron chi connectivity index (χ2n) is 4.82. The number of benzene rings is 1. The Kier molecular flexibility index (Phi) is 5.76. The molecule has 0 amide bonds. The van der Waals surface area contributed by atoms with E-state index in [0.29, 0.717) is 35.0 Å². The molecule has 1 aliphatic rings. The highest BCUT2D eigenvalue weighted by molar-refractivity contribution is 6.37. The highest BCUT2D eigenvalue weighted by Crippen LogP contribution is 2.32. The van der Waals surface area contributed by atoms with E-state index in [1.54, 1.807) is 12.1 Å². The first-order valence-corrected chi connectivity index (χ1v) is 7.49. The Hall–Kier alpha value is -0.480. The van der Waals surface area contributed by atoms with Crippen molar-refractivity contribution in [2.75, 3.05) is 26.2 Å². The fourth-order valence-electron chi connectivity index (χ4n) is 2.51. The third-order valence-electron chi connectivity index (χ3n) is 3.56. The van der Waals surface area contributed by atoms with Crippen LogP contribution in [0.4, 0.5) is 0 Å². The van der Waals surface area contributed by atoms with Gasteiger partial charge in [-0.25, -0.2) is 0 Å². The fourth-order valence-corrected chi connectivity index (χ4v) is 3.01. The van der Waals surface area contributed by atoms with Gasteiger partial charge in [0, 0.05) is 19.1 Å². The summed E-state index contributed by atoms with van der Waals surface area (Å²) >= 11 is 12.1. The zero-order valence-corrected chi connectivity index (χ0v) is 12.5. The molecule has 1 fully saturated rings. The average Bonchev–Trinajstić information content (AvgIpc) is 2.42. The molecule has 0 spiro atoms. The highest BCUT2D eigenvalue weighted by atomic mass is 35.5. The first kappa shape index (κ1) is 14.9. The Morgan fingerprint density at radius 3 is 2.68 bits per heavy atom. The van der Waals surface area contributed by atoms with E-state index in [4.69, 9.17) is 33.7 Å². The van der Waals surface area contributed by atoms with Crippen LogP contribution < -0.4 is 10.5 Å². The van der Waals surface area contributed by atoms with Crippen molar-refractivity contribution < 1.29 is 4.74 Å². The smallest absolute Gasteiger partial charge is 0.156 e. The summed E-state index contributed by atoms with van der Waals surface area (Å²) < 4.78 is 5.72. The van der Waals surface area contributed by atoms with E-state index < -0.39 is 0 Å². The molecule has 1 saturated heterocycles. The molecule has 1 heterocycles. The summed E-state index contributed by atoms with van der Waals surface area (Å²) in [5.74, 6) is 0.576. The Labute approximate surface area is 124 Å². The average molecular weight is 303 g/mol. The van der Waals surface area contributed by atoms with Crippen LogP contribution in [-0.4, -0.2) is 37.2 Å². The van der Waals surface area contributed by atoms with Crippen molar-refractivity contribution in [1.82, 2.24) is 4.90 Å². The van der Waals surface area contributed by atoms with Crippen LogP contribution in [0.5, 0.6) is 5.75 Å². The SMILES string of the molecule is NCC1CCCCN1CCOc1c(Cl)cccc1Cl. The van der Waals surface area contributed by atoms with Crippen molar-refractivity contribution in [2.45, 2.75) is 25.3 Å². The molecule has 1 aliphatic heterocycles. The molecule has 1 atom stereocenters. The monoisotopic (exact) mass is 302 g/mol. The molecule has 0 bridgehead atoms. The molecule has 1 aromatic rings. The van der Waals surface area contributed by atoms with E-state index in [1.807, 2.05) is 6.07 Å². The van der Waals surface area contributed by atoms with E-state index in [9.17, 15) is 0 Å². The van der Waals surface area contributed by atoms with Gasteiger partial charge in [-0.1, -0.05) is 35.7 Å². The van der Waals surface area contributed by atoms with Gasteiger partial charge in [0.25, 0.3) is 0 Å². The Balaban J connectivity index is 1.86. The van der Waals surface area contributed by atoms with Crippen molar-refractivity contribution in [2.24, 2.45) is 5.73 Å². The van der Waals surface area contributed by atoms with Gasteiger partial charge < -0.3 is 10.5 Å². The second-order valence-corrected chi connectivity index (χ2v) is 5.63. The van der Waals surface area contributed by atoms with Crippen molar-refractivity contribution in [1.29, 1.82) is 0 Å². The number of ether oxygens (including phenoxy) is 1. The van der Waals surface area contributed by atoms with Crippen LogP contribution in [0.25, 0.3) is 0 Å². The maximum absolute atomic E-state index is 6.06. The normalized spacial score (nSPS) is 20.5. The van der Waals surface area contributed by atoms with Gasteiger partial charge in [0.2, 0.25) is 0 Å². The van der Waals surface area contributed by atoms with Crippen LogP contribution in [0.2, 0.25) is 10.0 Å². The highest BCUT2D eigenvalue weighted by Gasteiger charge is 2.20. The van der Waals surface area contributed by atoms with Gasteiger partial charge in [-0.3, -0.25) is 4.90 Å². The van der Waals surface area contributed by atoms with Gasteiger partial charge in [-0.05, 0) is 31.5 Å².